The lowest BCUT2D eigenvalue weighted by atomic mass is 9.78. The summed E-state index contributed by atoms with van der Waals surface area (Å²) in [6.45, 7) is 8.93. The van der Waals surface area contributed by atoms with Crippen LogP contribution in [0.1, 0.15) is 58.4 Å². The van der Waals surface area contributed by atoms with Crippen molar-refractivity contribution in [2.24, 2.45) is 11.8 Å². The van der Waals surface area contributed by atoms with Gasteiger partial charge < -0.3 is 5.32 Å². The van der Waals surface area contributed by atoms with Crippen molar-refractivity contribution >= 4 is 17.4 Å². The molecule has 2 rings (SSSR count). The number of rotatable bonds is 3. The van der Waals surface area contributed by atoms with Gasteiger partial charge in [-0.05, 0) is 24.2 Å². The summed E-state index contributed by atoms with van der Waals surface area (Å²) in [6, 6.07) is 0.493. The zero-order valence-electron chi connectivity index (χ0n) is 12.3. The number of halogens is 1. The molecule has 106 valence electrons. The van der Waals surface area contributed by atoms with Gasteiger partial charge in [0.2, 0.25) is 0 Å². The summed E-state index contributed by atoms with van der Waals surface area (Å²) in [7, 11) is 0. The van der Waals surface area contributed by atoms with Gasteiger partial charge in [0.1, 0.15) is 17.3 Å². The number of aromatic nitrogens is 2. The van der Waals surface area contributed by atoms with Crippen molar-refractivity contribution in [1.29, 1.82) is 0 Å². The van der Waals surface area contributed by atoms with E-state index in [2.05, 4.69) is 43.0 Å². The van der Waals surface area contributed by atoms with Crippen molar-refractivity contribution in [1.82, 2.24) is 9.97 Å². The second kappa shape index (κ2) is 6.08. The van der Waals surface area contributed by atoms with Crippen LogP contribution in [0.5, 0.6) is 0 Å². The fourth-order valence-electron chi connectivity index (χ4n) is 2.96. The minimum atomic E-state index is 0.326. The van der Waals surface area contributed by atoms with Crippen molar-refractivity contribution in [3.63, 3.8) is 0 Å². The Bertz CT molecular complexity index is 433. The van der Waals surface area contributed by atoms with Gasteiger partial charge in [0.15, 0.2) is 0 Å². The fourth-order valence-corrected chi connectivity index (χ4v) is 3.31. The van der Waals surface area contributed by atoms with Gasteiger partial charge in [0, 0.05) is 11.6 Å². The van der Waals surface area contributed by atoms with E-state index in [0.717, 1.165) is 17.3 Å². The van der Waals surface area contributed by atoms with Crippen LogP contribution in [0.3, 0.4) is 0 Å². The lowest BCUT2D eigenvalue weighted by Gasteiger charge is -2.35. The van der Waals surface area contributed by atoms with Crippen molar-refractivity contribution in [2.45, 2.75) is 58.9 Å². The first kappa shape index (κ1) is 14.6. The number of hydrogen-bond donors (Lipinski definition) is 1. The third kappa shape index (κ3) is 3.19. The highest BCUT2D eigenvalue weighted by Crippen LogP contribution is 2.34. The van der Waals surface area contributed by atoms with Gasteiger partial charge in [-0.2, -0.15) is 0 Å². The van der Waals surface area contributed by atoms with Crippen LogP contribution in [0.15, 0.2) is 6.33 Å². The molecule has 0 spiro atoms. The Kier molecular flexibility index (Phi) is 4.67. The van der Waals surface area contributed by atoms with Gasteiger partial charge >= 0.3 is 0 Å². The SMILES string of the molecule is CC(C)c1c(Cl)ncnc1NC1CCCC(C)C1C. The maximum atomic E-state index is 6.22. The molecule has 3 atom stereocenters. The van der Waals surface area contributed by atoms with E-state index in [1.165, 1.54) is 19.3 Å². The first-order chi connectivity index (χ1) is 9.00. The molecule has 1 aliphatic carbocycles. The molecular formula is C15H24ClN3. The molecule has 1 aromatic heterocycles. The van der Waals surface area contributed by atoms with Gasteiger partial charge in [-0.3, -0.25) is 0 Å². The zero-order chi connectivity index (χ0) is 14.0. The first-order valence-corrected chi connectivity index (χ1v) is 7.65. The van der Waals surface area contributed by atoms with Crippen molar-refractivity contribution in [3.8, 4) is 0 Å². The van der Waals surface area contributed by atoms with Gasteiger partial charge in [0.05, 0.1) is 0 Å². The summed E-state index contributed by atoms with van der Waals surface area (Å²) in [4.78, 5) is 8.51. The van der Waals surface area contributed by atoms with Crippen LogP contribution in [-0.2, 0) is 0 Å². The molecule has 0 saturated heterocycles. The average molecular weight is 282 g/mol. The van der Waals surface area contributed by atoms with Crippen molar-refractivity contribution < 1.29 is 0 Å². The summed E-state index contributed by atoms with van der Waals surface area (Å²) >= 11 is 6.22. The molecule has 0 aliphatic heterocycles. The minimum Gasteiger partial charge on any atom is -0.367 e. The Hall–Kier alpha value is -0.830. The lowest BCUT2D eigenvalue weighted by Crippen LogP contribution is -2.35. The van der Waals surface area contributed by atoms with Crippen LogP contribution < -0.4 is 5.32 Å². The summed E-state index contributed by atoms with van der Waals surface area (Å²) in [5.41, 5.74) is 1.04. The molecule has 0 aromatic carbocycles. The van der Waals surface area contributed by atoms with Crippen LogP contribution in [0.2, 0.25) is 5.15 Å². The van der Waals surface area contributed by atoms with Crippen molar-refractivity contribution in [3.05, 3.63) is 17.0 Å². The molecule has 19 heavy (non-hydrogen) atoms. The van der Waals surface area contributed by atoms with E-state index >= 15 is 0 Å². The van der Waals surface area contributed by atoms with E-state index in [1.807, 2.05) is 0 Å². The van der Waals surface area contributed by atoms with Gasteiger partial charge in [0.25, 0.3) is 0 Å². The van der Waals surface area contributed by atoms with Crippen LogP contribution in [0.4, 0.5) is 5.82 Å². The summed E-state index contributed by atoms with van der Waals surface area (Å²) in [5.74, 6) is 2.68. The third-order valence-corrected chi connectivity index (χ3v) is 4.74. The monoisotopic (exact) mass is 281 g/mol. The van der Waals surface area contributed by atoms with Crippen LogP contribution in [0, 0.1) is 11.8 Å². The normalized spacial score (nSPS) is 27.6. The predicted molar refractivity (Wildman–Crippen MR) is 80.7 cm³/mol. The molecular weight excluding hydrogens is 258 g/mol. The zero-order valence-corrected chi connectivity index (χ0v) is 13.0. The Labute approximate surface area is 121 Å². The topological polar surface area (TPSA) is 37.8 Å². The standard InChI is InChI=1S/C15H24ClN3/c1-9(2)13-14(16)17-8-18-15(13)19-12-7-5-6-10(3)11(12)4/h8-12H,5-7H2,1-4H3,(H,17,18,19). The van der Waals surface area contributed by atoms with E-state index in [-0.39, 0.29) is 0 Å². The molecule has 1 saturated carbocycles. The molecule has 1 fully saturated rings. The van der Waals surface area contributed by atoms with Gasteiger partial charge in [-0.25, -0.2) is 9.97 Å². The Balaban J connectivity index is 2.21. The highest BCUT2D eigenvalue weighted by molar-refractivity contribution is 6.30. The smallest absolute Gasteiger partial charge is 0.138 e. The molecule has 0 amide bonds. The van der Waals surface area contributed by atoms with Crippen LogP contribution in [0.25, 0.3) is 0 Å². The van der Waals surface area contributed by atoms with Gasteiger partial charge in [-0.1, -0.05) is 52.1 Å². The highest BCUT2D eigenvalue weighted by atomic mass is 35.5. The summed E-state index contributed by atoms with van der Waals surface area (Å²) < 4.78 is 0. The van der Waals surface area contributed by atoms with Crippen LogP contribution in [-0.4, -0.2) is 16.0 Å². The summed E-state index contributed by atoms with van der Waals surface area (Å²) in [5, 5.41) is 4.19. The van der Waals surface area contributed by atoms with E-state index in [9.17, 15) is 0 Å². The second-order valence-corrected chi connectivity index (χ2v) is 6.46. The fraction of sp³-hybridized carbons (Fsp3) is 0.733. The number of nitrogens with one attached hydrogen (secondary N) is 1. The van der Waals surface area contributed by atoms with Crippen molar-refractivity contribution in [2.75, 3.05) is 5.32 Å². The largest absolute Gasteiger partial charge is 0.367 e. The molecule has 1 aliphatic rings. The lowest BCUT2D eigenvalue weighted by molar-refractivity contribution is 0.252. The van der Waals surface area contributed by atoms with E-state index < -0.39 is 0 Å². The first-order valence-electron chi connectivity index (χ1n) is 7.27. The second-order valence-electron chi connectivity index (χ2n) is 6.10. The predicted octanol–water partition coefficient (Wildman–Crippen LogP) is 4.49. The third-order valence-electron chi connectivity index (χ3n) is 4.44. The molecule has 4 heteroatoms. The van der Waals surface area contributed by atoms with Crippen LogP contribution >= 0.6 is 11.6 Å². The van der Waals surface area contributed by atoms with E-state index in [1.54, 1.807) is 6.33 Å². The Morgan fingerprint density at radius 2 is 2.00 bits per heavy atom. The van der Waals surface area contributed by atoms with E-state index in [4.69, 9.17) is 11.6 Å². The quantitative estimate of drug-likeness (QED) is 0.830. The number of anilines is 1. The molecule has 3 nitrogen and oxygen atoms in total. The molecule has 1 heterocycles. The molecule has 0 radical (unpaired) electrons. The number of hydrogen-bond acceptors (Lipinski definition) is 3. The average Bonchev–Trinajstić information content (AvgIpc) is 2.34. The Morgan fingerprint density at radius 1 is 1.26 bits per heavy atom. The van der Waals surface area contributed by atoms with Gasteiger partial charge in [-0.15, -0.1) is 0 Å². The highest BCUT2D eigenvalue weighted by Gasteiger charge is 2.28. The molecule has 3 unspecified atom stereocenters. The molecule has 1 aromatic rings. The maximum absolute atomic E-state index is 6.22. The maximum Gasteiger partial charge on any atom is 0.138 e. The minimum absolute atomic E-state index is 0.326. The summed E-state index contributed by atoms with van der Waals surface area (Å²) in [6.07, 6.45) is 5.39. The number of nitrogens with zero attached hydrogens (tertiary/aromatic N) is 2. The van der Waals surface area contributed by atoms with E-state index in [0.29, 0.717) is 23.0 Å². The molecule has 1 N–H and O–H groups in total. The molecule has 0 bridgehead atoms. The Morgan fingerprint density at radius 3 is 2.68 bits per heavy atom.